The number of halogens is 1. The van der Waals surface area contributed by atoms with Gasteiger partial charge in [0.25, 0.3) is 11.6 Å². The second-order valence-corrected chi connectivity index (χ2v) is 5.25. The van der Waals surface area contributed by atoms with Crippen LogP contribution in [0.3, 0.4) is 0 Å². The lowest BCUT2D eigenvalue weighted by atomic mass is 10.1. The first-order valence-electron chi connectivity index (χ1n) is 6.75. The number of carbonyl (C=O) groups excluding carboxylic acids is 2. The van der Waals surface area contributed by atoms with Gasteiger partial charge in [-0.25, -0.2) is 4.79 Å². The van der Waals surface area contributed by atoms with E-state index in [0.717, 1.165) is 5.06 Å². The van der Waals surface area contributed by atoms with Crippen LogP contribution >= 0.6 is 11.6 Å². The van der Waals surface area contributed by atoms with Crippen molar-refractivity contribution in [3.8, 4) is 0 Å². The Morgan fingerprint density at radius 1 is 1.12 bits per heavy atom. The number of carbonyl (C=O) groups is 2. The van der Waals surface area contributed by atoms with Gasteiger partial charge in [-0.2, -0.15) is 0 Å². The first-order chi connectivity index (χ1) is 11.5. The van der Waals surface area contributed by atoms with Crippen LogP contribution in [0.5, 0.6) is 0 Å². The topological polar surface area (TPSA) is 89.8 Å². The zero-order valence-corrected chi connectivity index (χ0v) is 12.8. The maximum Gasteiger partial charge on any atom is 0.369 e. The van der Waals surface area contributed by atoms with E-state index in [0.29, 0.717) is 11.3 Å². The molecule has 0 bridgehead atoms. The highest BCUT2D eigenvalue weighted by Crippen LogP contribution is 2.28. The summed E-state index contributed by atoms with van der Waals surface area (Å²) >= 11 is 5.74. The zero-order valence-electron chi connectivity index (χ0n) is 12.0. The average Bonchev–Trinajstić information content (AvgIpc) is 2.85. The number of anilines is 1. The van der Waals surface area contributed by atoms with E-state index in [2.05, 4.69) is 0 Å². The van der Waals surface area contributed by atoms with E-state index in [1.165, 1.54) is 24.3 Å². The molecule has 120 valence electrons. The first-order valence-corrected chi connectivity index (χ1v) is 7.12. The van der Waals surface area contributed by atoms with Gasteiger partial charge in [0, 0.05) is 6.07 Å². The van der Waals surface area contributed by atoms with E-state index < -0.39 is 16.8 Å². The Bertz CT molecular complexity index is 879. The van der Waals surface area contributed by atoms with Crippen molar-refractivity contribution in [2.24, 2.45) is 0 Å². The summed E-state index contributed by atoms with van der Waals surface area (Å²) < 4.78 is 0. The predicted octanol–water partition coefficient (Wildman–Crippen LogP) is 3.14. The third kappa shape index (κ3) is 2.84. The number of nitro benzene ring substituents is 1. The number of hydrogen-bond donors (Lipinski definition) is 0. The van der Waals surface area contributed by atoms with E-state index in [4.69, 9.17) is 16.4 Å². The summed E-state index contributed by atoms with van der Waals surface area (Å²) in [7, 11) is 0. The third-order valence-corrected chi connectivity index (χ3v) is 3.60. The molecule has 2 aromatic carbocycles. The summed E-state index contributed by atoms with van der Waals surface area (Å²) in [5.41, 5.74) is 0.155. The van der Waals surface area contributed by atoms with Gasteiger partial charge in [-0.3, -0.25) is 14.9 Å². The van der Waals surface area contributed by atoms with Gasteiger partial charge < -0.3 is 4.84 Å². The van der Waals surface area contributed by atoms with Crippen LogP contribution in [0.4, 0.5) is 11.4 Å². The molecule has 0 N–H and O–H groups in total. The SMILES string of the molecule is O=C1ON(c2ccccc2)C(=O)/C1=C/c1ccc(Cl)c([N+](=O)[O-])c1. The minimum Gasteiger partial charge on any atom is -0.327 e. The summed E-state index contributed by atoms with van der Waals surface area (Å²) in [5.74, 6) is -1.48. The molecule has 0 atom stereocenters. The maximum absolute atomic E-state index is 12.4. The van der Waals surface area contributed by atoms with Crippen LogP contribution in [0.2, 0.25) is 5.02 Å². The minimum absolute atomic E-state index is 0.0339. The fourth-order valence-corrected chi connectivity index (χ4v) is 2.34. The average molecular weight is 345 g/mol. The molecule has 3 rings (SSSR count). The molecule has 1 amide bonds. The monoisotopic (exact) mass is 344 g/mol. The molecule has 2 aromatic rings. The molecule has 0 spiro atoms. The molecule has 0 aromatic heterocycles. The van der Waals surface area contributed by atoms with Crippen molar-refractivity contribution in [3.63, 3.8) is 0 Å². The fourth-order valence-electron chi connectivity index (χ4n) is 2.15. The molecule has 24 heavy (non-hydrogen) atoms. The van der Waals surface area contributed by atoms with Crippen LogP contribution in [0, 0.1) is 10.1 Å². The van der Waals surface area contributed by atoms with Crippen LogP contribution in [0.25, 0.3) is 6.08 Å². The van der Waals surface area contributed by atoms with Crippen molar-refractivity contribution in [1.82, 2.24) is 0 Å². The van der Waals surface area contributed by atoms with Gasteiger partial charge in [0.05, 0.1) is 10.6 Å². The molecule has 1 fully saturated rings. The van der Waals surface area contributed by atoms with Crippen LogP contribution in [-0.2, 0) is 14.4 Å². The maximum atomic E-state index is 12.4. The van der Waals surface area contributed by atoms with E-state index in [1.54, 1.807) is 30.3 Å². The molecule has 0 radical (unpaired) electrons. The summed E-state index contributed by atoms with van der Waals surface area (Å²) in [6, 6.07) is 12.3. The number of nitrogens with zero attached hydrogens (tertiary/aromatic N) is 2. The lowest BCUT2D eigenvalue weighted by Gasteiger charge is -2.11. The van der Waals surface area contributed by atoms with Gasteiger partial charge in [-0.15, -0.1) is 5.06 Å². The normalized spacial score (nSPS) is 15.7. The van der Waals surface area contributed by atoms with Crippen molar-refractivity contribution in [1.29, 1.82) is 0 Å². The number of nitro groups is 1. The van der Waals surface area contributed by atoms with Crippen molar-refractivity contribution in [3.05, 3.63) is 74.8 Å². The Hall–Kier alpha value is -3.19. The molecule has 1 aliphatic rings. The van der Waals surface area contributed by atoms with E-state index in [1.807, 2.05) is 0 Å². The molecule has 1 aliphatic heterocycles. The Morgan fingerprint density at radius 2 is 1.83 bits per heavy atom. The Morgan fingerprint density at radius 3 is 2.50 bits per heavy atom. The number of rotatable bonds is 3. The number of amides is 1. The van der Waals surface area contributed by atoms with Crippen LogP contribution < -0.4 is 5.06 Å². The molecule has 8 heteroatoms. The van der Waals surface area contributed by atoms with Gasteiger partial charge in [-0.1, -0.05) is 35.9 Å². The van der Waals surface area contributed by atoms with Gasteiger partial charge in [-0.05, 0) is 29.8 Å². The Labute approximate surface area is 140 Å². The summed E-state index contributed by atoms with van der Waals surface area (Å²) in [6.45, 7) is 0. The summed E-state index contributed by atoms with van der Waals surface area (Å²) in [6.07, 6.45) is 1.23. The van der Waals surface area contributed by atoms with Gasteiger partial charge in [0.15, 0.2) is 0 Å². The largest absolute Gasteiger partial charge is 0.369 e. The molecule has 0 saturated carbocycles. The fraction of sp³-hybridized carbons (Fsp3) is 0. The predicted molar refractivity (Wildman–Crippen MR) is 86.1 cm³/mol. The van der Waals surface area contributed by atoms with E-state index in [9.17, 15) is 19.7 Å². The highest BCUT2D eigenvalue weighted by Gasteiger charge is 2.37. The summed E-state index contributed by atoms with van der Waals surface area (Å²) in [5, 5.41) is 11.8. The third-order valence-electron chi connectivity index (χ3n) is 3.28. The number of hydroxylamine groups is 1. The second-order valence-electron chi connectivity index (χ2n) is 4.84. The Balaban J connectivity index is 1.96. The molecule has 0 aliphatic carbocycles. The van der Waals surface area contributed by atoms with Crippen LogP contribution in [0.15, 0.2) is 54.1 Å². The van der Waals surface area contributed by atoms with Gasteiger partial charge in [0.1, 0.15) is 10.6 Å². The lowest BCUT2D eigenvalue weighted by molar-refractivity contribution is -0.384. The second kappa shape index (κ2) is 6.13. The van der Waals surface area contributed by atoms with Crippen molar-refractivity contribution < 1.29 is 19.3 Å². The molecule has 7 nitrogen and oxygen atoms in total. The van der Waals surface area contributed by atoms with E-state index >= 15 is 0 Å². The minimum atomic E-state index is -0.832. The molecular formula is C16H9ClN2O5. The number of hydrogen-bond acceptors (Lipinski definition) is 5. The molecule has 0 unspecified atom stereocenters. The first kappa shape index (κ1) is 15.7. The highest BCUT2D eigenvalue weighted by molar-refractivity contribution is 6.32. The van der Waals surface area contributed by atoms with Gasteiger partial charge >= 0.3 is 5.97 Å². The van der Waals surface area contributed by atoms with Crippen LogP contribution in [-0.4, -0.2) is 16.8 Å². The van der Waals surface area contributed by atoms with Gasteiger partial charge in [0.2, 0.25) is 0 Å². The smallest absolute Gasteiger partial charge is 0.327 e. The zero-order chi connectivity index (χ0) is 17.3. The number of para-hydroxylation sites is 1. The van der Waals surface area contributed by atoms with Crippen molar-refractivity contribution >= 4 is 40.9 Å². The number of benzene rings is 2. The highest BCUT2D eigenvalue weighted by atomic mass is 35.5. The summed E-state index contributed by atoms with van der Waals surface area (Å²) in [4.78, 5) is 39.5. The molecule has 1 heterocycles. The standard InChI is InChI=1S/C16H9ClN2O5/c17-13-7-6-10(9-14(13)19(22)23)8-12-15(20)18(24-16(12)21)11-4-2-1-3-5-11/h1-9H/b12-8-. The molecule has 1 saturated heterocycles. The van der Waals surface area contributed by atoms with Crippen molar-refractivity contribution in [2.75, 3.05) is 5.06 Å². The lowest BCUT2D eigenvalue weighted by Crippen LogP contribution is -2.22. The Kier molecular flexibility index (Phi) is 4.01. The van der Waals surface area contributed by atoms with Crippen molar-refractivity contribution in [2.45, 2.75) is 0 Å². The van der Waals surface area contributed by atoms with E-state index in [-0.39, 0.29) is 16.3 Å². The van der Waals surface area contributed by atoms with Crippen LogP contribution in [0.1, 0.15) is 5.56 Å². The quantitative estimate of drug-likeness (QED) is 0.369. The molecular weight excluding hydrogens is 336 g/mol.